The van der Waals surface area contributed by atoms with Crippen LogP contribution in [-0.2, 0) is 11.3 Å². The van der Waals surface area contributed by atoms with Crippen LogP contribution in [0.1, 0.15) is 25.0 Å². The molecule has 2 aromatic carbocycles. The van der Waals surface area contributed by atoms with Gasteiger partial charge in [-0.3, -0.25) is 0 Å². The first-order valence-corrected chi connectivity index (χ1v) is 7.14. The molecule has 2 N–H and O–H groups in total. The van der Waals surface area contributed by atoms with Gasteiger partial charge in [-0.2, -0.15) is 0 Å². The van der Waals surface area contributed by atoms with E-state index in [1.807, 2.05) is 18.2 Å². The molecule has 21 heavy (non-hydrogen) atoms. The molecule has 0 atom stereocenters. The molecule has 0 spiro atoms. The fourth-order valence-corrected chi connectivity index (χ4v) is 3.18. The number of anilines is 1. The Kier molecular flexibility index (Phi) is 2.37. The largest absolute Gasteiger partial charge is 0.507 e. The Morgan fingerprint density at radius 2 is 1.90 bits per heavy atom. The van der Waals surface area contributed by atoms with Crippen molar-refractivity contribution in [3.8, 4) is 16.9 Å². The second-order valence-corrected chi connectivity index (χ2v) is 6.18. The van der Waals surface area contributed by atoms with Crippen LogP contribution in [0.5, 0.6) is 5.75 Å². The summed E-state index contributed by atoms with van der Waals surface area (Å²) in [5.74, 6) is 1.25. The Balaban J connectivity index is 1.95. The number of benzene rings is 2. The van der Waals surface area contributed by atoms with Gasteiger partial charge in [0.2, 0.25) is 0 Å². The number of nitrogens with one attached hydrogen (secondary N) is 1. The van der Waals surface area contributed by atoms with Crippen LogP contribution in [0.25, 0.3) is 16.9 Å². The Labute approximate surface area is 123 Å². The van der Waals surface area contributed by atoms with Gasteiger partial charge in [-0.1, -0.05) is 24.3 Å². The average Bonchev–Trinajstić information content (AvgIpc) is 2.84. The number of hydrogen-bond acceptors (Lipinski definition) is 3. The van der Waals surface area contributed by atoms with Crippen LogP contribution in [-0.4, -0.2) is 10.6 Å². The smallest absolute Gasteiger partial charge is 0.127 e. The van der Waals surface area contributed by atoms with Gasteiger partial charge in [0.15, 0.2) is 0 Å². The first-order chi connectivity index (χ1) is 10.1. The summed E-state index contributed by atoms with van der Waals surface area (Å²) in [5.41, 5.74) is 5.16. The highest BCUT2D eigenvalue weighted by atomic mass is 16.5. The third-order valence-corrected chi connectivity index (χ3v) is 4.07. The minimum absolute atomic E-state index is 0.111. The molecule has 2 heterocycles. The van der Waals surface area contributed by atoms with Crippen LogP contribution in [0.2, 0.25) is 0 Å². The van der Waals surface area contributed by atoms with Crippen LogP contribution < -0.4 is 5.32 Å². The quantitative estimate of drug-likeness (QED) is 0.824. The van der Waals surface area contributed by atoms with E-state index in [4.69, 9.17) is 4.74 Å². The lowest BCUT2D eigenvalue weighted by Crippen LogP contribution is -2.31. The highest BCUT2D eigenvalue weighted by molar-refractivity contribution is 5.88. The molecule has 106 valence electrons. The summed E-state index contributed by atoms with van der Waals surface area (Å²) >= 11 is 0. The maximum Gasteiger partial charge on any atom is 0.127 e. The van der Waals surface area contributed by atoms with Crippen molar-refractivity contribution in [2.24, 2.45) is 0 Å². The van der Waals surface area contributed by atoms with Gasteiger partial charge in [-0.25, -0.2) is 0 Å². The molecule has 2 aliphatic rings. The standard InChI is InChI=1S/C18H17NO2/c1-18(2)9-16-17-13(10-21-16)11(7-8-14(17)19-18)12-5-3-4-6-15(12)20/h3-9,19-20H,10H2,1-2H3. The van der Waals surface area contributed by atoms with E-state index in [0.717, 1.165) is 33.7 Å². The Morgan fingerprint density at radius 1 is 1.10 bits per heavy atom. The second-order valence-electron chi connectivity index (χ2n) is 6.18. The lowest BCUT2D eigenvalue weighted by molar-refractivity contribution is 0.283. The summed E-state index contributed by atoms with van der Waals surface area (Å²) in [6, 6.07) is 11.6. The number of hydrogen-bond donors (Lipinski definition) is 2. The number of phenols is 1. The van der Waals surface area contributed by atoms with Gasteiger partial charge >= 0.3 is 0 Å². The third kappa shape index (κ3) is 1.81. The summed E-state index contributed by atoms with van der Waals surface area (Å²) in [5, 5.41) is 13.6. The van der Waals surface area contributed by atoms with E-state index in [1.54, 1.807) is 6.07 Å². The van der Waals surface area contributed by atoms with E-state index in [-0.39, 0.29) is 5.54 Å². The van der Waals surface area contributed by atoms with Crippen molar-refractivity contribution < 1.29 is 9.84 Å². The Hall–Kier alpha value is -2.42. The fourth-order valence-electron chi connectivity index (χ4n) is 3.18. The molecule has 0 unspecified atom stereocenters. The summed E-state index contributed by atoms with van der Waals surface area (Å²) in [6.07, 6.45) is 2.13. The van der Waals surface area contributed by atoms with Crippen LogP contribution in [0.15, 0.2) is 42.5 Å². The van der Waals surface area contributed by atoms with E-state index < -0.39 is 0 Å². The minimum Gasteiger partial charge on any atom is -0.507 e. The van der Waals surface area contributed by atoms with Crippen molar-refractivity contribution in [3.63, 3.8) is 0 Å². The number of rotatable bonds is 1. The van der Waals surface area contributed by atoms with E-state index in [0.29, 0.717) is 12.4 Å². The maximum atomic E-state index is 10.1. The van der Waals surface area contributed by atoms with Crippen molar-refractivity contribution in [3.05, 3.63) is 53.6 Å². The maximum absolute atomic E-state index is 10.1. The van der Waals surface area contributed by atoms with E-state index in [9.17, 15) is 5.11 Å². The van der Waals surface area contributed by atoms with Crippen LogP contribution in [0.4, 0.5) is 5.69 Å². The number of phenolic OH excluding ortho intramolecular Hbond substituents is 1. The molecule has 0 saturated carbocycles. The van der Waals surface area contributed by atoms with Crippen LogP contribution in [0, 0.1) is 0 Å². The Bertz CT molecular complexity index is 775. The van der Waals surface area contributed by atoms with Gasteiger partial charge in [0.25, 0.3) is 0 Å². The number of ether oxygens (including phenoxy) is 1. The van der Waals surface area contributed by atoms with Gasteiger partial charge in [0.1, 0.15) is 18.1 Å². The van der Waals surface area contributed by atoms with Gasteiger partial charge in [0, 0.05) is 22.4 Å². The minimum atomic E-state index is -0.111. The van der Waals surface area contributed by atoms with Crippen molar-refractivity contribution in [1.82, 2.24) is 0 Å². The highest BCUT2D eigenvalue weighted by Crippen LogP contribution is 2.46. The lowest BCUT2D eigenvalue weighted by Gasteiger charge is -2.30. The normalized spacial score (nSPS) is 17.5. The van der Waals surface area contributed by atoms with Gasteiger partial charge in [0.05, 0.1) is 5.54 Å². The van der Waals surface area contributed by atoms with Crippen molar-refractivity contribution in [1.29, 1.82) is 0 Å². The lowest BCUT2D eigenvalue weighted by atomic mass is 9.89. The van der Waals surface area contributed by atoms with Crippen molar-refractivity contribution in [2.45, 2.75) is 26.0 Å². The first-order valence-electron chi connectivity index (χ1n) is 7.14. The van der Waals surface area contributed by atoms with Crippen molar-refractivity contribution >= 4 is 11.4 Å². The predicted octanol–water partition coefficient (Wildman–Crippen LogP) is 4.13. The zero-order valence-electron chi connectivity index (χ0n) is 12.1. The molecule has 0 fully saturated rings. The molecule has 4 rings (SSSR count). The molecule has 2 aromatic rings. The van der Waals surface area contributed by atoms with Crippen molar-refractivity contribution in [2.75, 3.05) is 5.32 Å². The molecule has 0 saturated heterocycles. The summed E-state index contributed by atoms with van der Waals surface area (Å²) in [6.45, 7) is 4.80. The van der Waals surface area contributed by atoms with Gasteiger partial charge in [-0.15, -0.1) is 0 Å². The van der Waals surface area contributed by atoms with Crippen LogP contribution >= 0.6 is 0 Å². The highest BCUT2D eigenvalue weighted by Gasteiger charge is 2.32. The molecule has 3 heteroatoms. The SMILES string of the molecule is CC1(C)C=C2OCc3c(-c4ccccc4O)ccc(c32)N1. The zero-order valence-corrected chi connectivity index (χ0v) is 12.1. The molecule has 0 amide bonds. The van der Waals surface area contributed by atoms with Gasteiger partial charge < -0.3 is 15.2 Å². The summed E-state index contributed by atoms with van der Waals surface area (Å²) < 4.78 is 5.88. The third-order valence-electron chi connectivity index (χ3n) is 4.07. The molecular weight excluding hydrogens is 262 g/mol. The zero-order chi connectivity index (χ0) is 14.6. The van der Waals surface area contributed by atoms with E-state index in [2.05, 4.69) is 37.4 Å². The second kappa shape index (κ2) is 4.04. The monoisotopic (exact) mass is 279 g/mol. The molecule has 0 radical (unpaired) electrons. The molecular formula is C18H17NO2. The van der Waals surface area contributed by atoms with Gasteiger partial charge in [-0.05, 0) is 37.6 Å². The fraction of sp³-hybridized carbons (Fsp3) is 0.222. The molecule has 2 aliphatic heterocycles. The van der Waals surface area contributed by atoms with Crippen LogP contribution in [0.3, 0.4) is 0 Å². The molecule has 0 aliphatic carbocycles. The molecule has 3 nitrogen and oxygen atoms in total. The first kappa shape index (κ1) is 12.3. The number of para-hydroxylation sites is 1. The molecule has 0 bridgehead atoms. The average molecular weight is 279 g/mol. The van der Waals surface area contributed by atoms with E-state index in [1.165, 1.54) is 0 Å². The predicted molar refractivity (Wildman–Crippen MR) is 84.0 cm³/mol. The Morgan fingerprint density at radius 3 is 2.71 bits per heavy atom. The number of aromatic hydroxyl groups is 1. The summed E-state index contributed by atoms with van der Waals surface area (Å²) in [7, 11) is 0. The summed E-state index contributed by atoms with van der Waals surface area (Å²) in [4.78, 5) is 0. The topological polar surface area (TPSA) is 41.5 Å². The molecule has 0 aromatic heterocycles. The van der Waals surface area contributed by atoms with E-state index >= 15 is 0 Å².